The summed E-state index contributed by atoms with van der Waals surface area (Å²) in [6, 6.07) is 24.5. The molecule has 0 bridgehead atoms. The maximum atomic E-state index is 11.6. The van der Waals surface area contributed by atoms with Gasteiger partial charge in [-0.2, -0.15) is 0 Å². The van der Waals surface area contributed by atoms with Crippen LogP contribution >= 0.6 is 0 Å². The Morgan fingerprint density at radius 2 is 1.66 bits per heavy atom. The second kappa shape index (κ2) is 9.89. The van der Waals surface area contributed by atoms with Gasteiger partial charge in [-0.25, -0.2) is 0 Å². The van der Waals surface area contributed by atoms with Crippen LogP contribution in [-0.2, 0) is 11.3 Å². The lowest BCUT2D eigenvalue weighted by Crippen LogP contribution is -2.41. The molecule has 0 unspecified atom stereocenters. The molecule has 4 aromatic rings. The van der Waals surface area contributed by atoms with E-state index in [1.807, 2.05) is 85.8 Å². The van der Waals surface area contributed by atoms with Gasteiger partial charge in [0.1, 0.15) is 12.6 Å². The maximum absolute atomic E-state index is 11.6. The van der Waals surface area contributed by atoms with E-state index in [1.54, 1.807) is 0 Å². The average Bonchev–Trinajstić information content (AvgIpc) is 3.29. The highest BCUT2D eigenvalue weighted by Crippen LogP contribution is 2.31. The summed E-state index contributed by atoms with van der Waals surface area (Å²) in [5.74, 6) is -0.702. The van der Waals surface area contributed by atoms with Gasteiger partial charge in [0.05, 0.1) is 0 Å². The molecule has 2 N–H and O–H groups in total. The highest BCUT2D eigenvalue weighted by molar-refractivity contribution is 5.75. The Kier molecular flexibility index (Phi) is 6.57. The van der Waals surface area contributed by atoms with Crippen molar-refractivity contribution >= 4 is 5.97 Å². The lowest BCUT2D eigenvalue weighted by atomic mass is 9.96. The van der Waals surface area contributed by atoms with Gasteiger partial charge in [0.2, 0.25) is 0 Å². The SMILES string of the molecule is Cc1c(-c2ccccc2)cccc1-c1nnc(OC[C@H](NCc2ccccc2)C(=O)O)o1. The number of carboxylic acid groups (broad SMARTS) is 1. The van der Waals surface area contributed by atoms with Gasteiger partial charge in [-0.15, -0.1) is 5.10 Å². The van der Waals surface area contributed by atoms with Crippen LogP contribution in [0.3, 0.4) is 0 Å². The molecule has 0 fully saturated rings. The molecule has 0 aliphatic carbocycles. The lowest BCUT2D eigenvalue weighted by Gasteiger charge is -2.13. The molecule has 4 rings (SSSR count). The molecular formula is C25H23N3O4. The molecule has 7 heteroatoms. The predicted octanol–water partition coefficient (Wildman–Crippen LogP) is 4.33. The van der Waals surface area contributed by atoms with Gasteiger partial charge in [0, 0.05) is 12.1 Å². The summed E-state index contributed by atoms with van der Waals surface area (Å²) in [5, 5.41) is 20.5. The number of nitrogens with one attached hydrogen (secondary N) is 1. The minimum absolute atomic E-state index is 0.0720. The fourth-order valence-electron chi connectivity index (χ4n) is 3.38. The Hall–Kier alpha value is -3.97. The molecule has 0 aliphatic rings. The fourth-order valence-corrected chi connectivity index (χ4v) is 3.38. The van der Waals surface area contributed by atoms with E-state index in [2.05, 4.69) is 15.5 Å². The fraction of sp³-hybridized carbons (Fsp3) is 0.160. The number of aromatic nitrogens is 2. The van der Waals surface area contributed by atoms with E-state index in [0.717, 1.165) is 27.8 Å². The lowest BCUT2D eigenvalue weighted by molar-refractivity contribution is -0.140. The smallest absolute Gasteiger partial charge is 0.414 e. The molecule has 0 amide bonds. The van der Waals surface area contributed by atoms with E-state index in [1.165, 1.54) is 0 Å². The molecular weight excluding hydrogens is 406 g/mol. The van der Waals surface area contributed by atoms with Crippen molar-refractivity contribution in [2.45, 2.75) is 19.5 Å². The van der Waals surface area contributed by atoms with Gasteiger partial charge < -0.3 is 14.3 Å². The number of hydrogen-bond donors (Lipinski definition) is 2. The summed E-state index contributed by atoms with van der Waals surface area (Å²) in [6.45, 7) is 2.25. The summed E-state index contributed by atoms with van der Waals surface area (Å²) in [6.07, 6.45) is -0.0720. The first kappa shape index (κ1) is 21.3. The third-order valence-electron chi connectivity index (χ3n) is 5.12. The average molecular weight is 429 g/mol. The van der Waals surface area contributed by atoms with Crippen molar-refractivity contribution in [1.82, 2.24) is 15.5 Å². The summed E-state index contributed by atoms with van der Waals surface area (Å²) >= 11 is 0. The van der Waals surface area contributed by atoms with Crippen LogP contribution in [0, 0.1) is 6.92 Å². The molecule has 7 nitrogen and oxygen atoms in total. The number of carboxylic acids is 1. The molecule has 1 atom stereocenters. The van der Waals surface area contributed by atoms with Crippen LogP contribution in [0.15, 0.2) is 83.3 Å². The zero-order valence-electron chi connectivity index (χ0n) is 17.6. The van der Waals surface area contributed by atoms with Crippen molar-refractivity contribution < 1.29 is 19.1 Å². The van der Waals surface area contributed by atoms with Crippen molar-refractivity contribution in [3.05, 3.63) is 90.0 Å². The topological polar surface area (TPSA) is 97.5 Å². The standard InChI is InChI=1S/C25H23N3O4/c1-17-20(19-11-6-3-7-12-19)13-8-14-21(17)23-27-28-25(32-23)31-16-22(24(29)30)26-15-18-9-4-2-5-10-18/h2-14,22,26H,15-16H2,1H3,(H,29,30)/t22-/m0/s1. The van der Waals surface area contributed by atoms with Crippen LogP contribution in [0.5, 0.6) is 6.08 Å². The van der Waals surface area contributed by atoms with Crippen LogP contribution in [-0.4, -0.2) is 33.9 Å². The van der Waals surface area contributed by atoms with Crippen molar-refractivity contribution in [2.24, 2.45) is 0 Å². The predicted molar refractivity (Wildman–Crippen MR) is 120 cm³/mol. The molecule has 1 aromatic heterocycles. The minimum Gasteiger partial charge on any atom is -0.480 e. The molecule has 0 aliphatic heterocycles. The van der Waals surface area contributed by atoms with Gasteiger partial charge in [0.25, 0.3) is 5.89 Å². The van der Waals surface area contributed by atoms with Crippen molar-refractivity contribution in [3.63, 3.8) is 0 Å². The van der Waals surface area contributed by atoms with Crippen molar-refractivity contribution in [3.8, 4) is 28.7 Å². The molecule has 1 heterocycles. The molecule has 162 valence electrons. The third kappa shape index (κ3) is 5.01. The van der Waals surface area contributed by atoms with Crippen LogP contribution in [0.1, 0.15) is 11.1 Å². The second-order valence-corrected chi connectivity index (χ2v) is 7.29. The van der Waals surface area contributed by atoms with Crippen LogP contribution in [0.4, 0.5) is 0 Å². The van der Waals surface area contributed by atoms with E-state index in [-0.39, 0.29) is 12.7 Å². The second-order valence-electron chi connectivity index (χ2n) is 7.29. The summed E-state index contributed by atoms with van der Waals surface area (Å²) < 4.78 is 11.2. The van der Waals surface area contributed by atoms with Crippen LogP contribution < -0.4 is 10.1 Å². The summed E-state index contributed by atoms with van der Waals surface area (Å²) in [7, 11) is 0. The van der Waals surface area contributed by atoms with Gasteiger partial charge in [0.15, 0.2) is 0 Å². The number of ether oxygens (including phenoxy) is 1. The van der Waals surface area contributed by atoms with Gasteiger partial charge in [-0.1, -0.05) is 77.9 Å². The molecule has 32 heavy (non-hydrogen) atoms. The van der Waals surface area contributed by atoms with Crippen molar-refractivity contribution in [1.29, 1.82) is 0 Å². The first-order chi connectivity index (χ1) is 15.6. The Morgan fingerprint density at radius 3 is 2.38 bits per heavy atom. The summed E-state index contributed by atoms with van der Waals surface area (Å²) in [4.78, 5) is 11.6. The first-order valence-corrected chi connectivity index (χ1v) is 10.2. The van der Waals surface area contributed by atoms with E-state index < -0.39 is 12.0 Å². The van der Waals surface area contributed by atoms with E-state index in [0.29, 0.717) is 12.4 Å². The zero-order chi connectivity index (χ0) is 22.3. The quantitative estimate of drug-likeness (QED) is 0.409. The highest BCUT2D eigenvalue weighted by Gasteiger charge is 2.20. The van der Waals surface area contributed by atoms with Gasteiger partial charge in [-0.05, 0) is 35.2 Å². The van der Waals surface area contributed by atoms with E-state index in [9.17, 15) is 9.90 Å². The monoisotopic (exact) mass is 429 g/mol. The molecule has 3 aromatic carbocycles. The highest BCUT2D eigenvalue weighted by atomic mass is 16.6. The largest absolute Gasteiger partial charge is 0.480 e. The first-order valence-electron chi connectivity index (χ1n) is 10.2. The summed E-state index contributed by atoms with van der Waals surface area (Å²) in [5.41, 5.74) is 4.94. The van der Waals surface area contributed by atoms with Crippen LogP contribution in [0.25, 0.3) is 22.6 Å². The van der Waals surface area contributed by atoms with Crippen LogP contribution in [0.2, 0.25) is 0 Å². The molecule has 0 radical (unpaired) electrons. The molecule has 0 saturated carbocycles. The Balaban J connectivity index is 1.44. The number of carbonyl (C=O) groups is 1. The zero-order valence-corrected chi connectivity index (χ0v) is 17.6. The Morgan fingerprint density at radius 1 is 0.969 bits per heavy atom. The Labute approximate surface area is 185 Å². The molecule has 0 saturated heterocycles. The number of aliphatic carboxylic acids is 1. The number of nitrogens with zero attached hydrogens (tertiary/aromatic N) is 2. The van der Waals surface area contributed by atoms with Gasteiger partial charge >= 0.3 is 12.0 Å². The van der Waals surface area contributed by atoms with E-state index in [4.69, 9.17) is 9.15 Å². The molecule has 0 spiro atoms. The Bertz CT molecular complexity index is 1180. The van der Waals surface area contributed by atoms with Crippen molar-refractivity contribution in [2.75, 3.05) is 6.61 Å². The number of rotatable bonds is 9. The third-order valence-corrected chi connectivity index (χ3v) is 5.12. The van der Waals surface area contributed by atoms with E-state index >= 15 is 0 Å². The number of benzene rings is 3. The normalized spacial score (nSPS) is 11.8. The van der Waals surface area contributed by atoms with Gasteiger partial charge in [-0.3, -0.25) is 10.1 Å². The number of hydrogen-bond acceptors (Lipinski definition) is 6. The minimum atomic E-state index is -1.02. The maximum Gasteiger partial charge on any atom is 0.414 e.